The molecular weight excluding hydrogens is 220 g/mol. The number of benzene rings is 1. The highest BCUT2D eigenvalue weighted by atomic mass is 16.5. The highest BCUT2D eigenvalue weighted by Gasteiger charge is 2.05. The van der Waals surface area contributed by atoms with Crippen LogP contribution in [0.1, 0.15) is 5.69 Å². The summed E-state index contributed by atoms with van der Waals surface area (Å²) >= 11 is 0. The lowest BCUT2D eigenvalue weighted by Crippen LogP contribution is -1.81. The van der Waals surface area contributed by atoms with Gasteiger partial charge in [-0.1, -0.05) is 0 Å². The fourth-order valence-electron chi connectivity index (χ4n) is 1.25. The van der Waals surface area contributed by atoms with Gasteiger partial charge in [-0.2, -0.15) is 4.98 Å². The van der Waals surface area contributed by atoms with Crippen molar-refractivity contribution in [3.8, 4) is 5.75 Å². The van der Waals surface area contributed by atoms with E-state index in [-0.39, 0.29) is 6.01 Å². The lowest BCUT2D eigenvalue weighted by Gasteiger charge is -1.97. The number of methoxy groups -OCH3 is 1. The molecule has 0 aliphatic carbocycles. The second-order valence-electron chi connectivity index (χ2n) is 3.34. The smallest absolute Gasteiger partial charge is 0.294 e. The quantitative estimate of drug-likeness (QED) is 0.824. The third kappa shape index (κ3) is 2.60. The first-order valence-corrected chi connectivity index (χ1v) is 4.98. The summed E-state index contributed by atoms with van der Waals surface area (Å²) in [5.74, 6) is 1.09. The number of aryl methyl sites for hydroxylation is 1. The van der Waals surface area contributed by atoms with E-state index in [1.807, 2.05) is 0 Å². The molecule has 0 fully saturated rings. The van der Waals surface area contributed by atoms with E-state index in [1.54, 1.807) is 38.3 Å². The molecule has 0 saturated heterocycles. The number of oxazole rings is 1. The minimum Gasteiger partial charge on any atom is -0.497 e. The Bertz CT molecular complexity index is 531. The molecule has 1 heterocycles. The maximum Gasteiger partial charge on any atom is 0.294 e. The van der Waals surface area contributed by atoms with E-state index in [1.165, 1.54) is 0 Å². The number of anilines is 1. The zero-order valence-corrected chi connectivity index (χ0v) is 9.54. The van der Waals surface area contributed by atoms with Gasteiger partial charge in [0.25, 0.3) is 11.9 Å². The maximum absolute atomic E-state index is 5.39. The molecule has 6 nitrogen and oxygen atoms in total. The van der Waals surface area contributed by atoms with E-state index in [4.69, 9.17) is 14.9 Å². The predicted molar refractivity (Wildman–Crippen MR) is 62.8 cm³/mol. The van der Waals surface area contributed by atoms with Crippen LogP contribution in [0, 0.1) is 6.92 Å². The Hall–Kier alpha value is -2.37. The molecule has 0 radical (unpaired) electrons. The number of ether oxygens (including phenoxy) is 1. The topological polar surface area (TPSA) is 86.0 Å². The Labute approximate surface area is 98.1 Å². The molecule has 0 bridgehead atoms. The molecule has 17 heavy (non-hydrogen) atoms. The number of rotatable bonds is 3. The molecule has 0 spiro atoms. The number of nitrogen functional groups attached to an aromatic ring is 1. The minimum atomic E-state index is 0.0891. The van der Waals surface area contributed by atoms with Gasteiger partial charge in [0.15, 0.2) is 0 Å². The van der Waals surface area contributed by atoms with Crippen molar-refractivity contribution in [3.05, 3.63) is 30.0 Å². The molecule has 2 N–H and O–H groups in total. The van der Waals surface area contributed by atoms with Gasteiger partial charge in [0.05, 0.1) is 12.8 Å². The Morgan fingerprint density at radius 1 is 1.24 bits per heavy atom. The van der Waals surface area contributed by atoms with Gasteiger partial charge >= 0.3 is 0 Å². The van der Waals surface area contributed by atoms with Crippen LogP contribution in [-0.2, 0) is 0 Å². The van der Waals surface area contributed by atoms with E-state index in [9.17, 15) is 0 Å². The Morgan fingerprint density at radius 3 is 2.47 bits per heavy atom. The minimum absolute atomic E-state index is 0.0891. The van der Waals surface area contributed by atoms with Gasteiger partial charge < -0.3 is 14.9 Å². The molecule has 0 aliphatic heterocycles. The summed E-state index contributed by atoms with van der Waals surface area (Å²) in [5.41, 5.74) is 6.70. The van der Waals surface area contributed by atoms with Crippen molar-refractivity contribution in [1.82, 2.24) is 4.98 Å². The first kappa shape index (κ1) is 11.1. The van der Waals surface area contributed by atoms with Gasteiger partial charge in [0, 0.05) is 0 Å². The van der Waals surface area contributed by atoms with Gasteiger partial charge in [-0.3, -0.25) is 0 Å². The van der Waals surface area contributed by atoms with Crippen LogP contribution in [0.25, 0.3) is 0 Å². The first-order chi connectivity index (χ1) is 8.19. The Morgan fingerprint density at radius 2 is 1.94 bits per heavy atom. The monoisotopic (exact) mass is 232 g/mol. The van der Waals surface area contributed by atoms with Crippen molar-refractivity contribution in [2.45, 2.75) is 6.92 Å². The lowest BCUT2D eigenvalue weighted by molar-refractivity contribution is 0.415. The first-order valence-electron chi connectivity index (χ1n) is 4.98. The molecule has 0 unspecified atom stereocenters. The van der Waals surface area contributed by atoms with Crippen LogP contribution in [0.4, 0.5) is 17.6 Å². The van der Waals surface area contributed by atoms with Crippen LogP contribution in [0.15, 0.2) is 38.9 Å². The highest BCUT2D eigenvalue weighted by Crippen LogP contribution is 2.24. The van der Waals surface area contributed by atoms with E-state index < -0.39 is 0 Å². The number of nitrogens with zero attached hydrogens (tertiary/aromatic N) is 3. The SMILES string of the molecule is COc1ccc(N=Nc2oc(N)nc2C)cc1. The molecule has 0 aliphatic rings. The standard InChI is InChI=1S/C11H12N4O2/c1-7-10(17-11(12)13-7)15-14-8-3-5-9(16-2)6-4-8/h3-6H,1-2H3,(H2,12,13). The largest absolute Gasteiger partial charge is 0.497 e. The zero-order chi connectivity index (χ0) is 12.3. The molecule has 1 aromatic carbocycles. The summed E-state index contributed by atoms with van der Waals surface area (Å²) in [6.45, 7) is 1.75. The molecular formula is C11H12N4O2. The summed E-state index contributed by atoms with van der Waals surface area (Å²) in [4.78, 5) is 3.89. The fourth-order valence-corrected chi connectivity index (χ4v) is 1.25. The number of nitrogens with two attached hydrogens (primary N) is 1. The van der Waals surface area contributed by atoms with Crippen molar-refractivity contribution in [2.75, 3.05) is 12.8 Å². The van der Waals surface area contributed by atoms with Crippen molar-refractivity contribution < 1.29 is 9.15 Å². The summed E-state index contributed by atoms with van der Waals surface area (Å²) in [7, 11) is 1.61. The summed E-state index contributed by atoms with van der Waals surface area (Å²) in [5, 5.41) is 7.93. The van der Waals surface area contributed by atoms with Crippen LogP contribution in [0.2, 0.25) is 0 Å². The zero-order valence-electron chi connectivity index (χ0n) is 9.54. The molecule has 6 heteroatoms. The van der Waals surface area contributed by atoms with E-state index in [2.05, 4.69) is 15.2 Å². The van der Waals surface area contributed by atoms with E-state index in [0.29, 0.717) is 17.3 Å². The highest BCUT2D eigenvalue weighted by molar-refractivity contribution is 5.42. The molecule has 2 rings (SSSR count). The molecule has 88 valence electrons. The van der Waals surface area contributed by atoms with Crippen molar-refractivity contribution in [2.24, 2.45) is 10.2 Å². The van der Waals surface area contributed by atoms with Crippen LogP contribution in [0.5, 0.6) is 5.75 Å². The predicted octanol–water partition coefficient (Wildman–Crippen LogP) is 2.99. The van der Waals surface area contributed by atoms with Crippen molar-refractivity contribution in [1.29, 1.82) is 0 Å². The Kier molecular flexibility index (Phi) is 3.04. The maximum atomic E-state index is 5.39. The molecule has 0 atom stereocenters. The van der Waals surface area contributed by atoms with E-state index >= 15 is 0 Å². The average Bonchev–Trinajstić information content (AvgIpc) is 2.66. The van der Waals surface area contributed by atoms with Crippen molar-refractivity contribution >= 4 is 17.6 Å². The van der Waals surface area contributed by atoms with Gasteiger partial charge in [-0.25, -0.2) is 0 Å². The molecule has 2 aromatic rings. The molecule has 1 aromatic heterocycles. The summed E-state index contributed by atoms with van der Waals surface area (Å²) < 4.78 is 10.1. The van der Waals surface area contributed by atoms with Crippen LogP contribution in [0.3, 0.4) is 0 Å². The summed E-state index contributed by atoms with van der Waals surface area (Å²) in [6.07, 6.45) is 0. The number of hydrogen-bond donors (Lipinski definition) is 1. The number of hydrogen-bond acceptors (Lipinski definition) is 6. The Balaban J connectivity index is 2.17. The van der Waals surface area contributed by atoms with Gasteiger partial charge in [-0.15, -0.1) is 10.2 Å². The third-order valence-electron chi connectivity index (χ3n) is 2.12. The summed E-state index contributed by atoms with van der Waals surface area (Å²) in [6, 6.07) is 7.27. The van der Waals surface area contributed by atoms with Crippen molar-refractivity contribution in [3.63, 3.8) is 0 Å². The van der Waals surface area contributed by atoms with Gasteiger partial charge in [0.2, 0.25) is 0 Å². The van der Waals surface area contributed by atoms with E-state index in [0.717, 1.165) is 5.75 Å². The van der Waals surface area contributed by atoms with Crippen LogP contribution >= 0.6 is 0 Å². The van der Waals surface area contributed by atoms with Gasteiger partial charge in [-0.05, 0) is 31.2 Å². The molecule has 0 saturated carbocycles. The number of azo groups is 1. The normalized spacial score (nSPS) is 10.9. The number of aromatic nitrogens is 1. The second-order valence-corrected chi connectivity index (χ2v) is 3.34. The van der Waals surface area contributed by atoms with Gasteiger partial charge in [0.1, 0.15) is 11.4 Å². The average molecular weight is 232 g/mol. The fraction of sp³-hybridized carbons (Fsp3) is 0.182. The van der Waals surface area contributed by atoms with Crippen LogP contribution in [-0.4, -0.2) is 12.1 Å². The lowest BCUT2D eigenvalue weighted by atomic mass is 10.3. The second kappa shape index (κ2) is 4.65. The third-order valence-corrected chi connectivity index (χ3v) is 2.12. The molecule has 0 amide bonds. The van der Waals surface area contributed by atoms with Crippen LogP contribution < -0.4 is 10.5 Å².